The van der Waals surface area contributed by atoms with Gasteiger partial charge in [-0.3, -0.25) is 0 Å². The van der Waals surface area contributed by atoms with Crippen LogP contribution in [0.15, 0.2) is 29.3 Å². The van der Waals surface area contributed by atoms with Gasteiger partial charge in [-0.15, -0.1) is 24.0 Å². The predicted molar refractivity (Wildman–Crippen MR) is 138 cm³/mol. The summed E-state index contributed by atoms with van der Waals surface area (Å²) in [5.74, 6) is 2.29. The van der Waals surface area contributed by atoms with E-state index in [0.29, 0.717) is 25.1 Å². The summed E-state index contributed by atoms with van der Waals surface area (Å²) in [7, 11) is 0. The molecule has 1 aliphatic carbocycles. The number of hydrogen-bond acceptors (Lipinski definition) is 3. The molecule has 30 heavy (non-hydrogen) atoms. The van der Waals surface area contributed by atoms with Gasteiger partial charge in [0.15, 0.2) is 5.96 Å². The van der Waals surface area contributed by atoms with Crippen LogP contribution in [0.3, 0.4) is 0 Å². The van der Waals surface area contributed by atoms with Crippen LogP contribution in [0.5, 0.6) is 0 Å². The SMILES string of the molecule is CCNC(=NCc1ccc(N2CCC(CO)CC2)cc1)NC1CCCC(CC)C1.I. The molecule has 1 aromatic rings. The van der Waals surface area contributed by atoms with E-state index < -0.39 is 0 Å². The molecule has 1 saturated heterocycles. The van der Waals surface area contributed by atoms with Crippen LogP contribution >= 0.6 is 24.0 Å². The second kappa shape index (κ2) is 13.4. The van der Waals surface area contributed by atoms with Crippen molar-refractivity contribution in [2.75, 3.05) is 31.1 Å². The van der Waals surface area contributed by atoms with E-state index in [-0.39, 0.29) is 24.0 Å². The Bertz CT molecular complexity index is 629. The van der Waals surface area contributed by atoms with Crippen LogP contribution in [-0.4, -0.2) is 43.3 Å². The molecule has 3 rings (SSSR count). The van der Waals surface area contributed by atoms with Crippen LogP contribution in [-0.2, 0) is 6.54 Å². The van der Waals surface area contributed by atoms with Gasteiger partial charge >= 0.3 is 0 Å². The monoisotopic (exact) mass is 528 g/mol. The normalized spacial score (nSPS) is 23.0. The highest BCUT2D eigenvalue weighted by Crippen LogP contribution is 2.26. The van der Waals surface area contributed by atoms with Crippen LogP contribution in [0.2, 0.25) is 0 Å². The smallest absolute Gasteiger partial charge is 0.191 e. The molecule has 2 unspecified atom stereocenters. The lowest BCUT2D eigenvalue weighted by Gasteiger charge is -2.33. The van der Waals surface area contributed by atoms with Crippen LogP contribution in [0.25, 0.3) is 0 Å². The molecule has 0 aromatic heterocycles. The Hall–Kier alpha value is -1.02. The summed E-state index contributed by atoms with van der Waals surface area (Å²) in [5, 5.41) is 16.4. The van der Waals surface area contributed by atoms with E-state index >= 15 is 0 Å². The summed E-state index contributed by atoms with van der Waals surface area (Å²) in [5.41, 5.74) is 2.53. The van der Waals surface area contributed by atoms with Crippen LogP contribution in [0, 0.1) is 11.8 Å². The number of halogens is 1. The van der Waals surface area contributed by atoms with Crippen LogP contribution in [0.4, 0.5) is 5.69 Å². The van der Waals surface area contributed by atoms with Crippen LogP contribution in [0.1, 0.15) is 64.4 Å². The Labute approximate surface area is 200 Å². The Morgan fingerprint density at radius 3 is 2.43 bits per heavy atom. The van der Waals surface area contributed by atoms with Gasteiger partial charge in [-0.25, -0.2) is 4.99 Å². The Kier molecular flexibility index (Phi) is 11.3. The number of hydrogen-bond donors (Lipinski definition) is 3. The van der Waals surface area contributed by atoms with Gasteiger partial charge in [0.2, 0.25) is 0 Å². The van der Waals surface area contributed by atoms with Gasteiger partial charge < -0.3 is 20.6 Å². The Balaban J connectivity index is 0.00000320. The number of piperidine rings is 1. The number of aliphatic hydroxyl groups excluding tert-OH is 1. The maximum atomic E-state index is 9.31. The molecule has 2 aliphatic rings. The molecule has 1 heterocycles. The van der Waals surface area contributed by atoms with Gasteiger partial charge in [0.05, 0.1) is 6.54 Å². The minimum Gasteiger partial charge on any atom is -0.396 e. The lowest BCUT2D eigenvalue weighted by molar-refractivity contribution is 0.203. The van der Waals surface area contributed by atoms with Crippen molar-refractivity contribution in [1.29, 1.82) is 0 Å². The number of aliphatic hydroxyl groups is 1. The first kappa shape index (κ1) is 25.2. The summed E-state index contributed by atoms with van der Waals surface area (Å²) in [6.07, 6.45) is 8.68. The third-order valence-electron chi connectivity index (χ3n) is 6.64. The van der Waals surface area contributed by atoms with Crippen molar-refractivity contribution < 1.29 is 5.11 Å². The number of nitrogens with zero attached hydrogens (tertiary/aromatic N) is 2. The fraction of sp³-hybridized carbons (Fsp3) is 0.708. The van der Waals surface area contributed by atoms with Gasteiger partial charge in [0, 0.05) is 38.0 Å². The molecule has 2 atom stereocenters. The van der Waals surface area contributed by atoms with E-state index in [1.165, 1.54) is 43.4 Å². The lowest BCUT2D eigenvalue weighted by atomic mass is 9.84. The topological polar surface area (TPSA) is 59.9 Å². The van der Waals surface area contributed by atoms with Crippen molar-refractivity contribution >= 4 is 35.6 Å². The van der Waals surface area contributed by atoms with E-state index in [9.17, 15) is 5.11 Å². The number of aliphatic imine (C=N–C) groups is 1. The molecular weight excluding hydrogens is 487 g/mol. The van der Waals surface area contributed by atoms with E-state index in [0.717, 1.165) is 44.4 Å². The van der Waals surface area contributed by atoms with Crippen molar-refractivity contribution in [2.45, 2.75) is 71.4 Å². The summed E-state index contributed by atoms with van der Waals surface area (Å²) in [4.78, 5) is 7.27. The average Bonchev–Trinajstić information content (AvgIpc) is 2.78. The van der Waals surface area contributed by atoms with Gasteiger partial charge in [0.25, 0.3) is 0 Å². The zero-order valence-corrected chi connectivity index (χ0v) is 21.1. The second-order valence-corrected chi connectivity index (χ2v) is 8.76. The van der Waals surface area contributed by atoms with Crippen molar-refractivity contribution in [3.05, 3.63) is 29.8 Å². The van der Waals surface area contributed by atoms with E-state index in [1.807, 2.05) is 0 Å². The molecule has 0 bridgehead atoms. The summed E-state index contributed by atoms with van der Waals surface area (Å²) < 4.78 is 0. The first-order chi connectivity index (χ1) is 14.2. The van der Waals surface area contributed by atoms with Crippen molar-refractivity contribution in [3.63, 3.8) is 0 Å². The highest BCUT2D eigenvalue weighted by atomic mass is 127. The van der Waals surface area contributed by atoms with E-state index in [2.05, 4.69) is 53.6 Å². The van der Waals surface area contributed by atoms with E-state index in [4.69, 9.17) is 4.99 Å². The molecule has 5 nitrogen and oxygen atoms in total. The molecule has 1 aliphatic heterocycles. The molecule has 170 valence electrons. The molecule has 6 heteroatoms. The fourth-order valence-corrected chi connectivity index (χ4v) is 4.66. The summed E-state index contributed by atoms with van der Waals surface area (Å²) in [6, 6.07) is 9.40. The third kappa shape index (κ3) is 7.59. The van der Waals surface area contributed by atoms with Gasteiger partial charge in [-0.1, -0.05) is 38.3 Å². The molecule has 1 saturated carbocycles. The zero-order chi connectivity index (χ0) is 20.5. The standard InChI is InChI=1S/C24H40N4O.HI/c1-3-19-6-5-7-22(16-19)27-24(25-4-2)26-17-20-8-10-23(11-9-20)28-14-12-21(18-29)13-15-28;/h8-11,19,21-22,29H,3-7,12-18H2,1-2H3,(H2,25,26,27);1H. The molecule has 2 fully saturated rings. The number of guanidine groups is 1. The highest BCUT2D eigenvalue weighted by Gasteiger charge is 2.21. The van der Waals surface area contributed by atoms with Crippen LogP contribution < -0.4 is 15.5 Å². The molecule has 0 amide bonds. The maximum Gasteiger partial charge on any atom is 0.191 e. The molecule has 3 N–H and O–H groups in total. The number of anilines is 1. The first-order valence-electron chi connectivity index (χ1n) is 11.7. The van der Waals surface area contributed by atoms with Crippen molar-refractivity contribution in [1.82, 2.24) is 10.6 Å². The molecule has 0 spiro atoms. The van der Waals surface area contributed by atoms with Gasteiger partial charge in [-0.05, 0) is 62.1 Å². The number of benzene rings is 1. The highest BCUT2D eigenvalue weighted by molar-refractivity contribution is 14.0. The maximum absolute atomic E-state index is 9.31. The zero-order valence-electron chi connectivity index (χ0n) is 18.8. The molecule has 0 radical (unpaired) electrons. The third-order valence-corrected chi connectivity index (χ3v) is 6.64. The molecular formula is C24H41IN4O. The quantitative estimate of drug-likeness (QED) is 0.277. The number of nitrogens with one attached hydrogen (secondary N) is 2. The van der Waals surface area contributed by atoms with Crippen molar-refractivity contribution in [2.24, 2.45) is 16.8 Å². The van der Waals surface area contributed by atoms with Gasteiger partial charge in [0.1, 0.15) is 0 Å². The Morgan fingerprint density at radius 1 is 1.07 bits per heavy atom. The largest absolute Gasteiger partial charge is 0.396 e. The summed E-state index contributed by atoms with van der Waals surface area (Å²) >= 11 is 0. The minimum atomic E-state index is 0. The van der Waals surface area contributed by atoms with Gasteiger partial charge in [-0.2, -0.15) is 0 Å². The molecule has 1 aromatic carbocycles. The fourth-order valence-electron chi connectivity index (χ4n) is 4.66. The average molecular weight is 529 g/mol. The Morgan fingerprint density at radius 2 is 1.80 bits per heavy atom. The second-order valence-electron chi connectivity index (χ2n) is 8.76. The van der Waals surface area contributed by atoms with E-state index in [1.54, 1.807) is 0 Å². The first-order valence-corrected chi connectivity index (χ1v) is 11.7. The van der Waals surface area contributed by atoms with Crippen molar-refractivity contribution in [3.8, 4) is 0 Å². The number of rotatable bonds is 7. The minimum absolute atomic E-state index is 0. The summed E-state index contributed by atoms with van der Waals surface area (Å²) in [6.45, 7) is 8.43. The predicted octanol–water partition coefficient (Wildman–Crippen LogP) is 4.54. The lowest BCUT2D eigenvalue weighted by Crippen LogP contribution is -2.45.